The highest BCUT2D eigenvalue weighted by atomic mass is 32.2. The predicted octanol–water partition coefficient (Wildman–Crippen LogP) is 1.99. The molecule has 2 aromatic heterocycles. The van der Waals surface area contributed by atoms with Crippen LogP contribution in [0, 0.1) is 0 Å². The maximum Gasteiger partial charge on any atom is 0.243 e. The lowest BCUT2D eigenvalue weighted by molar-refractivity contribution is 0.349. The highest BCUT2D eigenvalue weighted by Crippen LogP contribution is 2.36. The second-order valence-corrected chi connectivity index (χ2v) is 6.04. The summed E-state index contributed by atoms with van der Waals surface area (Å²) in [5.41, 5.74) is 7.05. The molecule has 0 amide bonds. The van der Waals surface area contributed by atoms with Crippen LogP contribution < -0.4 is 5.73 Å². The van der Waals surface area contributed by atoms with Gasteiger partial charge in [0.25, 0.3) is 0 Å². The van der Waals surface area contributed by atoms with Gasteiger partial charge in [-0.15, -0.1) is 0 Å². The van der Waals surface area contributed by atoms with Crippen molar-refractivity contribution in [1.29, 1.82) is 0 Å². The summed E-state index contributed by atoms with van der Waals surface area (Å²) in [6, 6.07) is -0.282. The predicted molar refractivity (Wildman–Crippen MR) is 72.6 cm³/mol. The molecule has 102 valence electrons. The molecular weight excluding hydrogens is 262 g/mol. The molecule has 0 aromatic carbocycles. The fraction of sp³-hybridized carbons (Fsp3) is 0.583. The van der Waals surface area contributed by atoms with Crippen LogP contribution >= 0.6 is 11.8 Å². The molecule has 1 fully saturated rings. The molecule has 19 heavy (non-hydrogen) atoms. The van der Waals surface area contributed by atoms with Crippen LogP contribution in [0.1, 0.15) is 48.0 Å². The van der Waals surface area contributed by atoms with Crippen LogP contribution in [-0.4, -0.2) is 25.9 Å². The van der Waals surface area contributed by atoms with Gasteiger partial charge in [-0.2, -0.15) is 16.7 Å². The molecule has 0 saturated carbocycles. The number of thioether (sulfide) groups is 1. The van der Waals surface area contributed by atoms with Crippen molar-refractivity contribution in [1.82, 2.24) is 20.1 Å². The molecule has 6 nitrogen and oxygen atoms in total. The molecule has 3 N–H and O–H groups in total. The van der Waals surface area contributed by atoms with Crippen LogP contribution in [0.5, 0.6) is 0 Å². The topological polar surface area (TPSA) is 93.6 Å². The number of nitrogens with two attached hydrogens (primary N) is 1. The van der Waals surface area contributed by atoms with E-state index in [1.165, 1.54) is 18.6 Å². The summed E-state index contributed by atoms with van der Waals surface area (Å²) < 4.78 is 5.29. The van der Waals surface area contributed by atoms with Gasteiger partial charge in [0.05, 0.1) is 17.6 Å². The Hall–Kier alpha value is -1.34. The van der Waals surface area contributed by atoms with E-state index in [-0.39, 0.29) is 6.04 Å². The standard InChI is InChI=1S/C12H17N5OS/c13-9(5-8-6-14-7-15-8)12-16-11(17-18-12)10-3-1-2-4-19-10/h6-7,9-10H,1-5,13H2,(H,14,15)/t9-,10?/m0/s1. The maximum absolute atomic E-state index is 6.08. The Kier molecular flexibility index (Phi) is 3.84. The quantitative estimate of drug-likeness (QED) is 0.889. The van der Waals surface area contributed by atoms with Crippen molar-refractivity contribution in [2.24, 2.45) is 5.73 Å². The third-order valence-corrected chi connectivity index (χ3v) is 4.61. The normalized spacial score (nSPS) is 21.4. The van der Waals surface area contributed by atoms with E-state index in [4.69, 9.17) is 10.3 Å². The smallest absolute Gasteiger partial charge is 0.243 e. The molecular formula is C12H17N5OS. The van der Waals surface area contributed by atoms with Crippen molar-refractivity contribution in [3.05, 3.63) is 29.9 Å². The highest BCUT2D eigenvalue weighted by Gasteiger charge is 2.23. The van der Waals surface area contributed by atoms with E-state index in [1.54, 1.807) is 12.5 Å². The summed E-state index contributed by atoms with van der Waals surface area (Å²) in [6.07, 6.45) is 7.67. The Morgan fingerprint density at radius 2 is 2.47 bits per heavy atom. The second kappa shape index (κ2) is 5.75. The molecule has 0 aliphatic carbocycles. The zero-order valence-corrected chi connectivity index (χ0v) is 11.4. The van der Waals surface area contributed by atoms with Gasteiger partial charge in [0.1, 0.15) is 0 Å². The Labute approximate surface area is 115 Å². The molecule has 3 heterocycles. The fourth-order valence-corrected chi connectivity index (χ4v) is 3.43. The molecule has 0 bridgehead atoms. The first-order chi connectivity index (χ1) is 9.33. The number of imidazole rings is 1. The second-order valence-electron chi connectivity index (χ2n) is 4.73. The summed E-state index contributed by atoms with van der Waals surface area (Å²) >= 11 is 1.90. The zero-order chi connectivity index (χ0) is 13.1. The molecule has 1 unspecified atom stereocenters. The van der Waals surface area contributed by atoms with Gasteiger partial charge in [0, 0.05) is 18.3 Å². The summed E-state index contributed by atoms with van der Waals surface area (Å²) in [7, 11) is 0. The lowest BCUT2D eigenvalue weighted by Gasteiger charge is -2.17. The lowest BCUT2D eigenvalue weighted by atomic mass is 10.1. The Morgan fingerprint density at radius 3 is 3.21 bits per heavy atom. The van der Waals surface area contributed by atoms with Gasteiger partial charge in [-0.05, 0) is 18.6 Å². The number of nitrogens with one attached hydrogen (secondary N) is 1. The van der Waals surface area contributed by atoms with E-state index in [2.05, 4.69) is 20.1 Å². The number of aromatic nitrogens is 4. The molecule has 1 saturated heterocycles. The molecule has 1 aliphatic heterocycles. The van der Waals surface area contributed by atoms with Crippen LogP contribution in [0.4, 0.5) is 0 Å². The van der Waals surface area contributed by atoms with E-state index in [0.717, 1.165) is 17.9 Å². The van der Waals surface area contributed by atoms with Gasteiger partial charge in [0.2, 0.25) is 5.89 Å². The van der Waals surface area contributed by atoms with Crippen LogP contribution in [0.15, 0.2) is 17.0 Å². The number of hydrogen-bond donors (Lipinski definition) is 2. The summed E-state index contributed by atoms with van der Waals surface area (Å²) in [5, 5.41) is 4.44. The molecule has 7 heteroatoms. The minimum Gasteiger partial charge on any atom is -0.348 e. The van der Waals surface area contributed by atoms with E-state index in [9.17, 15) is 0 Å². The molecule has 0 radical (unpaired) electrons. The van der Waals surface area contributed by atoms with Crippen LogP contribution in [0.2, 0.25) is 0 Å². The van der Waals surface area contributed by atoms with Crippen LogP contribution in [0.3, 0.4) is 0 Å². The largest absolute Gasteiger partial charge is 0.348 e. The monoisotopic (exact) mass is 279 g/mol. The van der Waals surface area contributed by atoms with Gasteiger partial charge >= 0.3 is 0 Å². The highest BCUT2D eigenvalue weighted by molar-refractivity contribution is 7.99. The lowest BCUT2D eigenvalue weighted by Crippen LogP contribution is -2.14. The number of nitrogens with zero attached hydrogens (tertiary/aromatic N) is 3. The SMILES string of the molecule is N[C@@H](Cc1cnc[nH]1)c1nc(C2CCCCS2)no1. The molecule has 0 spiro atoms. The molecule has 1 aliphatic rings. The Balaban J connectivity index is 1.66. The average molecular weight is 279 g/mol. The Morgan fingerprint density at radius 1 is 1.53 bits per heavy atom. The first-order valence-electron chi connectivity index (χ1n) is 6.51. The van der Waals surface area contributed by atoms with Crippen molar-refractivity contribution >= 4 is 11.8 Å². The Bertz CT molecular complexity index is 506. The van der Waals surface area contributed by atoms with Gasteiger partial charge in [-0.25, -0.2) is 4.98 Å². The van der Waals surface area contributed by atoms with Crippen molar-refractivity contribution in [3.8, 4) is 0 Å². The number of H-pyrrole nitrogens is 1. The summed E-state index contributed by atoms with van der Waals surface area (Å²) in [4.78, 5) is 11.4. The van der Waals surface area contributed by atoms with Crippen LogP contribution in [-0.2, 0) is 6.42 Å². The molecule has 2 atom stereocenters. The molecule has 3 rings (SSSR count). The molecule has 2 aromatic rings. The summed E-state index contributed by atoms with van der Waals surface area (Å²) in [5.74, 6) is 2.48. The first-order valence-corrected chi connectivity index (χ1v) is 7.56. The maximum atomic E-state index is 6.08. The van der Waals surface area contributed by atoms with Gasteiger partial charge in [0.15, 0.2) is 5.82 Å². The van der Waals surface area contributed by atoms with E-state index < -0.39 is 0 Å². The van der Waals surface area contributed by atoms with Crippen LogP contribution in [0.25, 0.3) is 0 Å². The van der Waals surface area contributed by atoms with Gasteiger partial charge < -0.3 is 15.2 Å². The number of aromatic amines is 1. The van der Waals surface area contributed by atoms with Crippen molar-refractivity contribution < 1.29 is 4.52 Å². The zero-order valence-electron chi connectivity index (χ0n) is 10.6. The first kappa shape index (κ1) is 12.7. The van der Waals surface area contributed by atoms with Crippen molar-refractivity contribution in [2.45, 2.75) is 37.0 Å². The summed E-state index contributed by atoms with van der Waals surface area (Å²) in [6.45, 7) is 0. The van der Waals surface area contributed by atoms with Crippen molar-refractivity contribution in [3.63, 3.8) is 0 Å². The number of rotatable bonds is 4. The fourth-order valence-electron chi connectivity index (χ4n) is 2.19. The van der Waals surface area contributed by atoms with Gasteiger partial charge in [-0.3, -0.25) is 0 Å². The number of hydrogen-bond acceptors (Lipinski definition) is 6. The van der Waals surface area contributed by atoms with E-state index in [0.29, 0.717) is 17.6 Å². The third-order valence-electron chi connectivity index (χ3n) is 3.24. The van der Waals surface area contributed by atoms with Crippen molar-refractivity contribution in [2.75, 3.05) is 5.75 Å². The van der Waals surface area contributed by atoms with Gasteiger partial charge in [-0.1, -0.05) is 11.6 Å². The minimum atomic E-state index is -0.282. The third kappa shape index (κ3) is 2.98. The van der Waals surface area contributed by atoms with E-state index >= 15 is 0 Å². The minimum absolute atomic E-state index is 0.282. The van der Waals surface area contributed by atoms with E-state index in [1.807, 2.05) is 11.8 Å². The average Bonchev–Trinajstić information content (AvgIpc) is 3.10.